The van der Waals surface area contributed by atoms with E-state index >= 15 is 0 Å². The second-order valence-corrected chi connectivity index (χ2v) is 6.93. The minimum atomic E-state index is -0.779. The first-order chi connectivity index (χ1) is 13.6. The van der Waals surface area contributed by atoms with Gasteiger partial charge in [-0.15, -0.1) is 0 Å². The molecule has 0 spiro atoms. The fourth-order valence-corrected chi connectivity index (χ4v) is 3.38. The van der Waals surface area contributed by atoms with E-state index in [1.807, 2.05) is 60.7 Å². The second kappa shape index (κ2) is 9.17. The fraction of sp³-hybridized carbons (Fsp3) is 0.318. The Morgan fingerprint density at radius 2 is 1.68 bits per heavy atom. The number of amides is 2. The molecule has 28 heavy (non-hydrogen) atoms. The van der Waals surface area contributed by atoms with Crippen molar-refractivity contribution in [3.05, 3.63) is 71.8 Å². The second-order valence-electron chi connectivity index (χ2n) is 6.93. The van der Waals surface area contributed by atoms with Crippen LogP contribution in [0.25, 0.3) is 0 Å². The summed E-state index contributed by atoms with van der Waals surface area (Å²) in [5.74, 6) is -1.32. The lowest BCUT2D eigenvalue weighted by Gasteiger charge is -2.20. The molecule has 3 rings (SSSR count). The topological polar surface area (TPSA) is 75.7 Å². The molecule has 0 saturated carbocycles. The SMILES string of the molecule is COC(=O)[C@H](Cc1ccccc1)NC(=O)[C@H]1CC(=O)N(Cc2ccccc2)C1. The van der Waals surface area contributed by atoms with Crippen molar-refractivity contribution >= 4 is 17.8 Å². The molecule has 0 radical (unpaired) electrons. The Morgan fingerprint density at radius 3 is 2.29 bits per heavy atom. The summed E-state index contributed by atoms with van der Waals surface area (Å²) in [6.45, 7) is 0.826. The normalized spacial score (nSPS) is 17.2. The Morgan fingerprint density at radius 1 is 1.07 bits per heavy atom. The van der Waals surface area contributed by atoms with Gasteiger partial charge < -0.3 is 15.0 Å². The monoisotopic (exact) mass is 380 g/mol. The average Bonchev–Trinajstić information content (AvgIpc) is 3.09. The van der Waals surface area contributed by atoms with Crippen LogP contribution < -0.4 is 5.32 Å². The van der Waals surface area contributed by atoms with Gasteiger partial charge in [0.2, 0.25) is 11.8 Å². The van der Waals surface area contributed by atoms with Crippen LogP contribution in [0.4, 0.5) is 0 Å². The molecule has 1 saturated heterocycles. The number of benzene rings is 2. The number of nitrogens with zero attached hydrogens (tertiary/aromatic N) is 1. The quantitative estimate of drug-likeness (QED) is 0.745. The highest BCUT2D eigenvalue weighted by Gasteiger charge is 2.36. The number of carbonyl (C=O) groups is 3. The van der Waals surface area contributed by atoms with Crippen LogP contribution in [0.15, 0.2) is 60.7 Å². The van der Waals surface area contributed by atoms with Gasteiger partial charge in [0.05, 0.1) is 13.0 Å². The third-order valence-electron chi connectivity index (χ3n) is 4.89. The standard InChI is InChI=1S/C22H24N2O4/c1-28-22(27)19(12-16-8-4-2-5-9-16)23-21(26)18-13-20(25)24(15-18)14-17-10-6-3-7-11-17/h2-11,18-19H,12-15H2,1H3,(H,23,26)/t18-,19-/m0/s1. The van der Waals surface area contributed by atoms with E-state index in [4.69, 9.17) is 4.74 Å². The van der Waals surface area contributed by atoms with Gasteiger partial charge in [-0.1, -0.05) is 60.7 Å². The van der Waals surface area contributed by atoms with E-state index in [-0.39, 0.29) is 18.2 Å². The predicted molar refractivity (Wildman–Crippen MR) is 104 cm³/mol. The van der Waals surface area contributed by atoms with E-state index in [1.54, 1.807) is 4.90 Å². The van der Waals surface area contributed by atoms with E-state index in [1.165, 1.54) is 7.11 Å². The highest BCUT2D eigenvalue weighted by Crippen LogP contribution is 2.21. The van der Waals surface area contributed by atoms with Crippen LogP contribution in [0.2, 0.25) is 0 Å². The molecule has 1 N–H and O–H groups in total. The summed E-state index contributed by atoms with van der Waals surface area (Å²) in [4.78, 5) is 38.8. The Kier molecular flexibility index (Phi) is 6.42. The summed E-state index contributed by atoms with van der Waals surface area (Å²) < 4.78 is 4.84. The number of rotatable bonds is 7. The molecule has 2 atom stereocenters. The predicted octanol–water partition coefficient (Wildman–Crippen LogP) is 1.94. The largest absolute Gasteiger partial charge is 0.467 e. The zero-order chi connectivity index (χ0) is 19.9. The van der Waals surface area contributed by atoms with Gasteiger partial charge >= 0.3 is 5.97 Å². The molecule has 1 aliphatic rings. The molecular weight excluding hydrogens is 356 g/mol. The van der Waals surface area contributed by atoms with Crippen LogP contribution in [0.1, 0.15) is 17.5 Å². The van der Waals surface area contributed by atoms with E-state index in [0.29, 0.717) is 19.5 Å². The molecule has 0 unspecified atom stereocenters. The van der Waals surface area contributed by atoms with Gasteiger partial charge in [0.1, 0.15) is 6.04 Å². The van der Waals surface area contributed by atoms with E-state index in [9.17, 15) is 14.4 Å². The van der Waals surface area contributed by atoms with Crippen LogP contribution in [0, 0.1) is 5.92 Å². The Bertz CT molecular complexity index is 823. The highest BCUT2D eigenvalue weighted by molar-refractivity contribution is 5.91. The first-order valence-corrected chi connectivity index (χ1v) is 9.30. The van der Waals surface area contributed by atoms with Crippen LogP contribution >= 0.6 is 0 Å². The molecular formula is C22H24N2O4. The van der Waals surface area contributed by atoms with Crippen molar-refractivity contribution in [2.24, 2.45) is 5.92 Å². The Balaban J connectivity index is 1.62. The molecule has 2 aromatic rings. The number of carbonyl (C=O) groups excluding carboxylic acids is 3. The average molecular weight is 380 g/mol. The number of esters is 1. The smallest absolute Gasteiger partial charge is 0.328 e. The molecule has 1 fully saturated rings. The lowest BCUT2D eigenvalue weighted by Crippen LogP contribution is -2.46. The summed E-state index contributed by atoms with van der Waals surface area (Å²) in [6.07, 6.45) is 0.492. The van der Waals surface area contributed by atoms with Gasteiger partial charge in [0.25, 0.3) is 0 Å². The van der Waals surface area contributed by atoms with Crippen molar-refractivity contribution in [2.45, 2.75) is 25.4 Å². The molecule has 1 aliphatic heterocycles. The van der Waals surface area contributed by atoms with Gasteiger partial charge in [-0.05, 0) is 11.1 Å². The summed E-state index contributed by atoms with van der Waals surface area (Å²) in [5.41, 5.74) is 1.94. The van der Waals surface area contributed by atoms with Crippen molar-refractivity contribution in [1.82, 2.24) is 10.2 Å². The highest BCUT2D eigenvalue weighted by atomic mass is 16.5. The van der Waals surface area contributed by atoms with Crippen molar-refractivity contribution in [1.29, 1.82) is 0 Å². The number of methoxy groups -OCH3 is 1. The molecule has 0 aromatic heterocycles. The summed E-state index contributed by atoms with van der Waals surface area (Å²) in [6, 6.07) is 18.3. The summed E-state index contributed by atoms with van der Waals surface area (Å²) in [7, 11) is 1.30. The fourth-order valence-electron chi connectivity index (χ4n) is 3.38. The zero-order valence-electron chi connectivity index (χ0n) is 15.8. The number of likely N-dealkylation sites (tertiary alicyclic amines) is 1. The van der Waals surface area contributed by atoms with Crippen molar-refractivity contribution < 1.29 is 19.1 Å². The van der Waals surface area contributed by atoms with Crippen molar-refractivity contribution in [2.75, 3.05) is 13.7 Å². The van der Waals surface area contributed by atoms with Gasteiger partial charge in [-0.2, -0.15) is 0 Å². The van der Waals surface area contributed by atoms with Gasteiger partial charge in [0, 0.05) is 25.9 Å². The lowest BCUT2D eigenvalue weighted by molar-refractivity contribution is -0.145. The van der Waals surface area contributed by atoms with E-state index in [2.05, 4.69) is 5.32 Å². The molecule has 146 valence electrons. The summed E-state index contributed by atoms with van der Waals surface area (Å²) in [5, 5.41) is 2.77. The van der Waals surface area contributed by atoms with Crippen molar-refractivity contribution in [3.8, 4) is 0 Å². The van der Waals surface area contributed by atoms with Crippen molar-refractivity contribution in [3.63, 3.8) is 0 Å². The zero-order valence-corrected chi connectivity index (χ0v) is 15.8. The third kappa shape index (κ3) is 4.97. The van der Waals surface area contributed by atoms with Crippen LogP contribution in [0.3, 0.4) is 0 Å². The maximum absolute atomic E-state index is 12.7. The number of hydrogen-bond acceptors (Lipinski definition) is 4. The molecule has 1 heterocycles. The van der Waals surface area contributed by atoms with Crippen LogP contribution in [-0.2, 0) is 32.1 Å². The van der Waals surface area contributed by atoms with Crippen LogP contribution in [-0.4, -0.2) is 42.4 Å². The molecule has 6 heteroatoms. The molecule has 0 bridgehead atoms. The number of nitrogens with one attached hydrogen (secondary N) is 1. The van der Waals surface area contributed by atoms with Gasteiger partial charge in [-0.3, -0.25) is 9.59 Å². The summed E-state index contributed by atoms with van der Waals surface area (Å²) >= 11 is 0. The molecule has 6 nitrogen and oxygen atoms in total. The van der Waals surface area contributed by atoms with Gasteiger partial charge in [-0.25, -0.2) is 4.79 Å². The van der Waals surface area contributed by atoms with E-state index < -0.39 is 17.9 Å². The molecule has 2 aromatic carbocycles. The molecule has 0 aliphatic carbocycles. The maximum Gasteiger partial charge on any atom is 0.328 e. The Labute approximate surface area is 164 Å². The minimum absolute atomic E-state index is 0.0540. The number of ether oxygens (including phenoxy) is 1. The van der Waals surface area contributed by atoms with Crippen LogP contribution in [0.5, 0.6) is 0 Å². The number of hydrogen-bond donors (Lipinski definition) is 1. The Hall–Kier alpha value is -3.15. The maximum atomic E-state index is 12.7. The molecule has 2 amide bonds. The van der Waals surface area contributed by atoms with E-state index in [0.717, 1.165) is 11.1 Å². The lowest BCUT2D eigenvalue weighted by atomic mass is 10.0. The first-order valence-electron chi connectivity index (χ1n) is 9.30. The minimum Gasteiger partial charge on any atom is -0.467 e. The van der Waals surface area contributed by atoms with Gasteiger partial charge in [0.15, 0.2) is 0 Å². The first kappa shape index (κ1) is 19.6. The third-order valence-corrected chi connectivity index (χ3v) is 4.89.